The van der Waals surface area contributed by atoms with E-state index in [1.54, 1.807) is 5.51 Å². The number of thiazole rings is 1. The summed E-state index contributed by atoms with van der Waals surface area (Å²) in [5.41, 5.74) is 2.54. The molecule has 2 N–H and O–H groups in total. The summed E-state index contributed by atoms with van der Waals surface area (Å²) in [6.45, 7) is 2.41. The molecule has 0 radical (unpaired) electrons. The Morgan fingerprint density at radius 2 is 2.00 bits per heavy atom. The second kappa shape index (κ2) is 7.11. The lowest BCUT2D eigenvalue weighted by Crippen LogP contribution is -2.39. The van der Waals surface area contributed by atoms with Crippen LogP contribution in [0.25, 0.3) is 11.5 Å². The molecule has 7 nitrogen and oxygen atoms in total. The van der Waals surface area contributed by atoms with E-state index in [1.807, 2.05) is 10.1 Å². The Morgan fingerprint density at radius 3 is 2.68 bits per heavy atom. The number of ether oxygens (including phenoxy) is 1. The zero-order chi connectivity index (χ0) is 17.4. The minimum absolute atomic E-state index is 0.117. The van der Waals surface area contributed by atoms with Crippen molar-refractivity contribution in [3.8, 4) is 11.5 Å². The first kappa shape index (κ1) is 17.1. The molecular weight excluding hydrogens is 340 g/mol. The Labute approximate surface area is 150 Å². The van der Waals surface area contributed by atoms with Crippen LogP contribution in [0.2, 0.25) is 0 Å². The fraction of sp³-hybridized carbons (Fsp3) is 0.706. The molecule has 1 aliphatic heterocycles. The fourth-order valence-electron chi connectivity index (χ4n) is 3.69. The third kappa shape index (κ3) is 3.48. The van der Waals surface area contributed by atoms with Crippen molar-refractivity contribution in [1.82, 2.24) is 19.7 Å². The maximum absolute atomic E-state index is 10.0. The number of aliphatic hydroxyl groups is 2. The molecule has 8 heteroatoms. The molecule has 2 aromatic heterocycles. The van der Waals surface area contributed by atoms with Gasteiger partial charge in [-0.05, 0) is 31.6 Å². The third-order valence-corrected chi connectivity index (χ3v) is 5.89. The molecule has 4 rings (SSSR count). The molecule has 136 valence electrons. The average molecular weight is 364 g/mol. The second-order valence-electron chi connectivity index (χ2n) is 7.22. The predicted molar refractivity (Wildman–Crippen MR) is 93.1 cm³/mol. The van der Waals surface area contributed by atoms with Crippen LogP contribution in [-0.2, 0) is 4.74 Å². The number of aliphatic hydroxyl groups excluding tert-OH is 2. The number of hydrogen-bond donors (Lipinski definition) is 2. The van der Waals surface area contributed by atoms with Crippen molar-refractivity contribution < 1.29 is 14.9 Å². The molecule has 1 aliphatic carbocycles. The van der Waals surface area contributed by atoms with E-state index in [1.165, 1.54) is 24.2 Å². The van der Waals surface area contributed by atoms with Gasteiger partial charge < -0.3 is 14.9 Å². The molecule has 0 amide bonds. The Kier molecular flexibility index (Phi) is 4.86. The lowest BCUT2D eigenvalue weighted by molar-refractivity contribution is -0.126. The molecule has 3 heterocycles. The zero-order valence-corrected chi connectivity index (χ0v) is 15.1. The van der Waals surface area contributed by atoms with Crippen molar-refractivity contribution in [2.24, 2.45) is 5.92 Å². The van der Waals surface area contributed by atoms with Gasteiger partial charge in [-0.2, -0.15) is 0 Å². The van der Waals surface area contributed by atoms with Gasteiger partial charge in [0.2, 0.25) is 5.82 Å². The van der Waals surface area contributed by atoms with E-state index in [-0.39, 0.29) is 12.7 Å². The zero-order valence-electron chi connectivity index (χ0n) is 14.3. The number of rotatable bonds is 3. The minimum atomic E-state index is -0.832. The molecule has 25 heavy (non-hydrogen) atoms. The summed E-state index contributed by atoms with van der Waals surface area (Å²) in [4.78, 5) is 9.03. The van der Waals surface area contributed by atoms with Gasteiger partial charge >= 0.3 is 0 Å². The molecule has 0 aromatic carbocycles. The first-order chi connectivity index (χ1) is 12.1. The third-order valence-electron chi connectivity index (χ3n) is 5.31. The van der Waals surface area contributed by atoms with Gasteiger partial charge in [0.15, 0.2) is 5.82 Å². The topological polar surface area (TPSA) is 93.3 Å². The molecule has 1 saturated heterocycles. The highest BCUT2D eigenvalue weighted by Gasteiger charge is 2.34. The van der Waals surface area contributed by atoms with Crippen LogP contribution in [0.3, 0.4) is 0 Å². The van der Waals surface area contributed by atoms with Crippen LogP contribution in [0, 0.1) is 5.92 Å². The smallest absolute Gasteiger partial charge is 0.200 e. The number of hydrogen-bond acceptors (Lipinski definition) is 7. The van der Waals surface area contributed by atoms with E-state index in [2.05, 4.69) is 11.9 Å². The highest BCUT2D eigenvalue weighted by molar-refractivity contribution is 7.07. The summed E-state index contributed by atoms with van der Waals surface area (Å²) in [7, 11) is 0. The van der Waals surface area contributed by atoms with Crippen LogP contribution in [0.1, 0.15) is 57.0 Å². The Hall–Kier alpha value is -1.35. The van der Waals surface area contributed by atoms with Gasteiger partial charge in [0.05, 0.1) is 24.3 Å². The summed E-state index contributed by atoms with van der Waals surface area (Å²) >= 11 is 1.52. The minimum Gasteiger partial charge on any atom is -0.390 e. The van der Waals surface area contributed by atoms with Gasteiger partial charge in [0.1, 0.15) is 17.9 Å². The van der Waals surface area contributed by atoms with Crippen molar-refractivity contribution in [3.63, 3.8) is 0 Å². The fourth-order valence-corrected chi connectivity index (χ4v) is 4.22. The maximum atomic E-state index is 10.0. The lowest BCUT2D eigenvalue weighted by atomic mass is 9.87. The molecule has 3 atom stereocenters. The van der Waals surface area contributed by atoms with Crippen LogP contribution >= 0.6 is 11.3 Å². The number of aromatic nitrogens is 4. The van der Waals surface area contributed by atoms with E-state index in [9.17, 15) is 10.2 Å². The molecular formula is C17H24N4O3S. The Balaban J connectivity index is 1.66. The van der Waals surface area contributed by atoms with Crippen molar-refractivity contribution in [2.75, 3.05) is 6.61 Å². The molecule has 2 aliphatic rings. The quantitative estimate of drug-likeness (QED) is 0.868. The highest BCUT2D eigenvalue weighted by Crippen LogP contribution is 2.36. The van der Waals surface area contributed by atoms with Gasteiger partial charge in [-0.15, -0.1) is 16.4 Å². The maximum Gasteiger partial charge on any atom is 0.200 e. The molecule has 0 unspecified atom stereocenters. The van der Waals surface area contributed by atoms with Crippen LogP contribution < -0.4 is 0 Å². The molecule has 2 fully saturated rings. The van der Waals surface area contributed by atoms with Crippen LogP contribution in [0.4, 0.5) is 0 Å². The van der Waals surface area contributed by atoms with E-state index < -0.39 is 12.2 Å². The lowest BCUT2D eigenvalue weighted by Gasteiger charge is -2.32. The van der Waals surface area contributed by atoms with Crippen LogP contribution in [-0.4, -0.2) is 48.8 Å². The highest BCUT2D eigenvalue weighted by atomic mass is 32.1. The predicted octanol–water partition coefficient (Wildman–Crippen LogP) is 2.34. The Bertz CT molecular complexity index is 697. The normalized spacial score (nSPS) is 33.5. The van der Waals surface area contributed by atoms with Gasteiger partial charge in [-0.25, -0.2) is 14.6 Å². The summed E-state index contributed by atoms with van der Waals surface area (Å²) in [6, 6.07) is 0.304. The van der Waals surface area contributed by atoms with Crippen molar-refractivity contribution in [1.29, 1.82) is 0 Å². The summed E-state index contributed by atoms with van der Waals surface area (Å²) < 4.78 is 7.77. The summed E-state index contributed by atoms with van der Waals surface area (Å²) in [5, 5.41) is 26.4. The van der Waals surface area contributed by atoms with Gasteiger partial charge in [0, 0.05) is 11.8 Å². The summed E-state index contributed by atoms with van der Waals surface area (Å²) in [5.74, 6) is 2.11. The first-order valence-corrected chi connectivity index (χ1v) is 9.89. The second-order valence-corrected chi connectivity index (χ2v) is 7.94. The van der Waals surface area contributed by atoms with Crippen molar-refractivity contribution >= 4 is 11.3 Å². The molecule has 0 spiro atoms. The number of nitrogens with zero attached hydrogens (tertiary/aromatic N) is 4. The molecule has 0 bridgehead atoms. The van der Waals surface area contributed by atoms with Gasteiger partial charge in [-0.1, -0.05) is 6.92 Å². The van der Waals surface area contributed by atoms with Crippen LogP contribution in [0.5, 0.6) is 0 Å². The van der Waals surface area contributed by atoms with Crippen LogP contribution in [0.15, 0.2) is 10.9 Å². The monoisotopic (exact) mass is 364 g/mol. The largest absolute Gasteiger partial charge is 0.390 e. The van der Waals surface area contributed by atoms with E-state index in [0.29, 0.717) is 18.3 Å². The standard InChI is InChI=1S/C17H24N4O3S/c1-10-2-4-11(5-3-10)21-17(15-6-13(22)14(23)7-24-15)19-16(20-21)12-8-25-9-18-12/h8-11,13-15,22-23H,2-7H2,1H3/t10?,11?,13-,14+,15-/m0/s1. The van der Waals surface area contributed by atoms with E-state index >= 15 is 0 Å². The van der Waals surface area contributed by atoms with Gasteiger partial charge in [-0.3, -0.25) is 0 Å². The van der Waals surface area contributed by atoms with Crippen molar-refractivity contribution in [3.05, 3.63) is 16.7 Å². The first-order valence-electron chi connectivity index (χ1n) is 8.94. The van der Waals surface area contributed by atoms with Crippen molar-refractivity contribution in [2.45, 2.75) is 63.4 Å². The summed E-state index contributed by atoms with van der Waals surface area (Å²) in [6.07, 6.45) is 2.88. The SMILES string of the molecule is CC1CCC(n2nc(-c3cscn3)nc2[C@@H]2C[C@H](O)[C@H](O)CO2)CC1. The molecule has 2 aromatic rings. The van der Waals surface area contributed by atoms with E-state index in [4.69, 9.17) is 14.8 Å². The Morgan fingerprint density at radius 1 is 1.20 bits per heavy atom. The van der Waals surface area contributed by atoms with E-state index in [0.717, 1.165) is 30.3 Å². The molecule has 1 saturated carbocycles. The van der Waals surface area contributed by atoms with Gasteiger partial charge in [0.25, 0.3) is 0 Å². The average Bonchev–Trinajstić information content (AvgIpc) is 3.27.